The number of phenols is 1. The number of aromatic hydroxyl groups is 1. The summed E-state index contributed by atoms with van der Waals surface area (Å²) in [6.07, 6.45) is 1.65. The Balaban J connectivity index is 1.85. The molecule has 8 nitrogen and oxygen atoms in total. The number of nitrogens with zero attached hydrogens (tertiary/aromatic N) is 1. The van der Waals surface area contributed by atoms with Crippen molar-refractivity contribution < 1.29 is 23.1 Å². The molecular formula is C18H16BrN3O5S2. The number of nitrogens with one attached hydrogen (secondary N) is 1. The Morgan fingerprint density at radius 2 is 2.00 bits per heavy atom. The van der Waals surface area contributed by atoms with Gasteiger partial charge >= 0.3 is 0 Å². The summed E-state index contributed by atoms with van der Waals surface area (Å²) in [5.74, 6) is -0.0165. The van der Waals surface area contributed by atoms with Crippen LogP contribution in [0.25, 0.3) is 6.08 Å². The van der Waals surface area contributed by atoms with Gasteiger partial charge in [-0.1, -0.05) is 15.9 Å². The third-order valence-electron chi connectivity index (χ3n) is 3.71. The quantitative estimate of drug-likeness (QED) is 0.543. The molecule has 0 aromatic heterocycles. The number of benzene rings is 2. The lowest BCUT2D eigenvalue weighted by Crippen LogP contribution is -2.19. The van der Waals surface area contributed by atoms with Crippen LogP contribution < -0.4 is 15.2 Å². The van der Waals surface area contributed by atoms with E-state index in [1.54, 1.807) is 19.1 Å². The molecule has 1 aliphatic rings. The maximum absolute atomic E-state index is 12.3. The molecule has 1 fully saturated rings. The van der Waals surface area contributed by atoms with E-state index in [0.29, 0.717) is 38.2 Å². The zero-order valence-electron chi connectivity index (χ0n) is 15.0. The summed E-state index contributed by atoms with van der Waals surface area (Å²) in [5.41, 5.74) is 1.12. The van der Waals surface area contributed by atoms with Gasteiger partial charge in [0.05, 0.1) is 22.1 Å². The van der Waals surface area contributed by atoms with Gasteiger partial charge in [0.1, 0.15) is 0 Å². The second-order valence-electron chi connectivity index (χ2n) is 5.80. The van der Waals surface area contributed by atoms with Gasteiger partial charge in [-0.25, -0.2) is 18.5 Å². The van der Waals surface area contributed by atoms with Crippen LogP contribution in [0.1, 0.15) is 12.5 Å². The molecule has 0 atom stereocenters. The van der Waals surface area contributed by atoms with E-state index >= 15 is 0 Å². The number of hydrogen-bond donors (Lipinski definition) is 3. The van der Waals surface area contributed by atoms with Crippen molar-refractivity contribution in [1.29, 1.82) is 0 Å². The topological polar surface area (TPSA) is 131 Å². The number of carbonyl (C=O) groups is 1. The molecule has 11 heteroatoms. The molecule has 0 radical (unpaired) electrons. The number of phenolic OH excluding ortho intramolecular Hbond substituents is 1. The highest BCUT2D eigenvalue weighted by Gasteiger charge is 2.24. The smallest absolute Gasteiger partial charge is 0.264 e. The number of primary sulfonamides is 1. The second-order valence-corrected chi connectivity index (χ2v) is 9.24. The first-order chi connectivity index (χ1) is 13.7. The second kappa shape index (κ2) is 8.57. The van der Waals surface area contributed by atoms with Crippen molar-refractivity contribution in [3.63, 3.8) is 0 Å². The zero-order valence-corrected chi connectivity index (χ0v) is 18.3. The van der Waals surface area contributed by atoms with E-state index in [4.69, 9.17) is 9.88 Å². The fourth-order valence-electron chi connectivity index (χ4n) is 2.39. The van der Waals surface area contributed by atoms with Crippen LogP contribution in [0.15, 0.2) is 55.7 Å². The first kappa shape index (κ1) is 21.4. The van der Waals surface area contributed by atoms with E-state index in [9.17, 15) is 18.3 Å². The van der Waals surface area contributed by atoms with E-state index in [1.807, 2.05) is 0 Å². The molecule has 1 saturated heterocycles. The number of amides is 1. The largest absolute Gasteiger partial charge is 0.504 e. The number of hydrogen-bond acceptors (Lipinski definition) is 7. The minimum Gasteiger partial charge on any atom is -0.504 e. The van der Waals surface area contributed by atoms with Crippen molar-refractivity contribution in [3.8, 4) is 11.5 Å². The van der Waals surface area contributed by atoms with Gasteiger partial charge in [0.15, 0.2) is 16.7 Å². The molecule has 0 unspecified atom stereocenters. The van der Waals surface area contributed by atoms with Crippen molar-refractivity contribution in [3.05, 3.63) is 51.3 Å². The highest BCUT2D eigenvalue weighted by atomic mass is 79.9. The minimum atomic E-state index is -3.78. The third kappa shape index (κ3) is 5.18. The number of rotatable bonds is 5. The molecule has 0 bridgehead atoms. The summed E-state index contributed by atoms with van der Waals surface area (Å²) in [5, 5.41) is 18.0. The predicted molar refractivity (Wildman–Crippen MR) is 116 cm³/mol. The summed E-state index contributed by atoms with van der Waals surface area (Å²) in [6.45, 7) is 2.19. The Morgan fingerprint density at radius 1 is 1.31 bits per heavy atom. The Labute approximate surface area is 180 Å². The SMILES string of the molecule is CCOc1cc(/C=C2/SC(=Nc3ccc(S(N)(=O)=O)cc3)NC2=O)c(Br)cc1O. The Hall–Kier alpha value is -2.34. The maximum atomic E-state index is 12.3. The molecule has 0 spiro atoms. The summed E-state index contributed by atoms with van der Waals surface area (Å²) < 4.78 is 28.6. The number of thioether (sulfide) groups is 1. The third-order valence-corrected chi connectivity index (χ3v) is 6.24. The van der Waals surface area contributed by atoms with Crippen LogP contribution in [0.2, 0.25) is 0 Å². The minimum absolute atomic E-state index is 0.00501. The monoisotopic (exact) mass is 497 g/mol. The van der Waals surface area contributed by atoms with Gasteiger partial charge in [-0.2, -0.15) is 0 Å². The number of nitrogens with two attached hydrogens (primary N) is 1. The van der Waals surface area contributed by atoms with Gasteiger partial charge in [-0.05, 0) is 66.7 Å². The highest BCUT2D eigenvalue weighted by Crippen LogP contribution is 2.36. The Bertz CT molecular complexity index is 1130. The van der Waals surface area contributed by atoms with E-state index in [2.05, 4.69) is 26.2 Å². The predicted octanol–water partition coefficient (Wildman–Crippen LogP) is 3.09. The first-order valence-electron chi connectivity index (χ1n) is 8.25. The van der Waals surface area contributed by atoms with Crippen molar-refractivity contribution in [2.45, 2.75) is 11.8 Å². The summed E-state index contributed by atoms with van der Waals surface area (Å²) in [7, 11) is -3.78. The molecule has 2 aromatic carbocycles. The van der Waals surface area contributed by atoms with Crippen LogP contribution in [0.4, 0.5) is 5.69 Å². The van der Waals surface area contributed by atoms with Gasteiger partial charge in [0, 0.05) is 4.47 Å². The molecule has 0 aliphatic carbocycles. The molecule has 4 N–H and O–H groups in total. The first-order valence-corrected chi connectivity index (χ1v) is 11.4. The molecule has 29 heavy (non-hydrogen) atoms. The van der Waals surface area contributed by atoms with Crippen molar-refractivity contribution in [2.75, 3.05) is 6.61 Å². The van der Waals surface area contributed by atoms with Crippen LogP contribution in [0.3, 0.4) is 0 Å². The molecular weight excluding hydrogens is 482 g/mol. The molecule has 152 valence electrons. The van der Waals surface area contributed by atoms with Gasteiger partial charge < -0.3 is 15.2 Å². The van der Waals surface area contributed by atoms with Crippen molar-refractivity contribution >= 4 is 60.6 Å². The van der Waals surface area contributed by atoms with Crippen LogP contribution in [-0.2, 0) is 14.8 Å². The standard InChI is InChI=1S/C18H16BrN3O5S2/c1-2-27-15-7-10(13(19)9-14(15)23)8-16-17(24)22-18(28-16)21-11-3-5-12(6-4-11)29(20,25)26/h3-9,23H,2H2,1H3,(H2,20,25,26)(H,21,22,24)/b16-8+. The van der Waals surface area contributed by atoms with Crippen LogP contribution in [-0.4, -0.2) is 31.2 Å². The van der Waals surface area contributed by atoms with Gasteiger partial charge in [-0.3, -0.25) is 4.79 Å². The molecule has 1 aliphatic heterocycles. The highest BCUT2D eigenvalue weighted by molar-refractivity contribution is 9.10. The van der Waals surface area contributed by atoms with Gasteiger partial charge in [0.2, 0.25) is 10.0 Å². The van der Waals surface area contributed by atoms with Crippen molar-refractivity contribution in [2.24, 2.45) is 10.1 Å². The average Bonchev–Trinajstić information content (AvgIpc) is 2.98. The van der Waals surface area contributed by atoms with E-state index in [-0.39, 0.29) is 16.6 Å². The number of halogens is 1. The number of carbonyl (C=O) groups excluding carboxylic acids is 1. The van der Waals surface area contributed by atoms with E-state index < -0.39 is 10.0 Å². The summed E-state index contributed by atoms with van der Waals surface area (Å²) in [6, 6.07) is 8.80. The fourth-order valence-corrected chi connectivity index (χ4v) is 4.18. The lowest BCUT2D eigenvalue weighted by Gasteiger charge is -2.08. The molecule has 3 rings (SSSR count). The van der Waals surface area contributed by atoms with Gasteiger partial charge in [0.25, 0.3) is 5.91 Å². The Kier molecular flexibility index (Phi) is 6.32. The fraction of sp³-hybridized carbons (Fsp3) is 0.111. The van der Waals surface area contributed by atoms with E-state index in [1.165, 1.54) is 30.3 Å². The lowest BCUT2D eigenvalue weighted by atomic mass is 10.2. The number of amidine groups is 1. The average molecular weight is 498 g/mol. The molecule has 2 aromatic rings. The number of sulfonamides is 1. The Morgan fingerprint density at radius 3 is 2.62 bits per heavy atom. The van der Waals surface area contributed by atoms with E-state index in [0.717, 1.165) is 11.8 Å². The summed E-state index contributed by atoms with van der Waals surface area (Å²) >= 11 is 4.49. The van der Waals surface area contributed by atoms with Crippen LogP contribution in [0.5, 0.6) is 11.5 Å². The van der Waals surface area contributed by atoms with Crippen LogP contribution >= 0.6 is 27.7 Å². The molecule has 0 saturated carbocycles. The van der Waals surface area contributed by atoms with Gasteiger partial charge in [-0.15, -0.1) is 0 Å². The number of ether oxygens (including phenoxy) is 1. The maximum Gasteiger partial charge on any atom is 0.264 e. The lowest BCUT2D eigenvalue weighted by molar-refractivity contribution is -0.115. The zero-order chi connectivity index (χ0) is 21.2. The normalized spacial score (nSPS) is 17.0. The van der Waals surface area contributed by atoms with Crippen molar-refractivity contribution in [1.82, 2.24) is 5.32 Å². The van der Waals surface area contributed by atoms with Crippen LogP contribution in [0, 0.1) is 0 Å². The number of aliphatic imine (C=N–C) groups is 1. The molecule has 1 amide bonds. The molecule has 1 heterocycles. The summed E-state index contributed by atoms with van der Waals surface area (Å²) in [4.78, 5) is 17.0.